The molecule has 96 valence electrons. The van der Waals surface area contributed by atoms with Gasteiger partial charge in [-0.15, -0.1) is 0 Å². The number of nitrogens with two attached hydrogens (primary N) is 1. The van der Waals surface area contributed by atoms with Crippen LogP contribution in [0.1, 0.15) is 6.92 Å². The lowest BCUT2D eigenvalue weighted by Crippen LogP contribution is -2.35. The molecule has 0 aliphatic carbocycles. The fourth-order valence-corrected chi connectivity index (χ4v) is 2.80. The molecule has 8 heteroatoms. The molecule has 0 saturated heterocycles. The molecule has 0 bridgehead atoms. The first-order valence-corrected chi connectivity index (χ1v) is 6.51. The van der Waals surface area contributed by atoms with E-state index < -0.39 is 33.4 Å². The molecule has 0 aliphatic rings. The smallest absolute Gasteiger partial charge is 0.243 e. The molecular weight excluding hydrogens is 271 g/mol. The molecule has 0 aliphatic heterocycles. The van der Waals surface area contributed by atoms with Crippen molar-refractivity contribution in [2.24, 2.45) is 0 Å². The van der Waals surface area contributed by atoms with Crippen molar-refractivity contribution in [3.8, 4) is 0 Å². The summed E-state index contributed by atoms with van der Waals surface area (Å²) in [5.41, 5.74) is 5.43. The highest BCUT2D eigenvalue weighted by molar-refractivity contribution is 7.89. The van der Waals surface area contributed by atoms with E-state index in [9.17, 15) is 12.8 Å². The van der Waals surface area contributed by atoms with Gasteiger partial charge < -0.3 is 10.8 Å². The second-order valence-electron chi connectivity index (χ2n) is 3.52. The van der Waals surface area contributed by atoms with Crippen LogP contribution in [0, 0.1) is 5.82 Å². The molecule has 0 heterocycles. The Bertz CT molecular complexity index is 521. The normalized spacial score (nSPS) is 13.6. The number of aliphatic hydroxyl groups is 1. The predicted molar refractivity (Wildman–Crippen MR) is 62.7 cm³/mol. The van der Waals surface area contributed by atoms with Gasteiger partial charge in [0, 0.05) is 11.7 Å². The van der Waals surface area contributed by atoms with Gasteiger partial charge in [0.15, 0.2) is 5.82 Å². The molecule has 17 heavy (non-hydrogen) atoms. The molecule has 0 saturated carbocycles. The third-order valence-corrected chi connectivity index (χ3v) is 3.80. The third kappa shape index (κ3) is 3.29. The van der Waals surface area contributed by atoms with Crippen LogP contribution in [0.5, 0.6) is 0 Å². The Morgan fingerprint density at radius 3 is 2.71 bits per heavy atom. The van der Waals surface area contributed by atoms with Gasteiger partial charge in [-0.3, -0.25) is 0 Å². The van der Waals surface area contributed by atoms with Crippen molar-refractivity contribution >= 4 is 27.3 Å². The number of aliphatic hydroxyl groups excluding tert-OH is 1. The summed E-state index contributed by atoms with van der Waals surface area (Å²) in [5, 5.41) is 8.38. The molecule has 0 aromatic heterocycles. The van der Waals surface area contributed by atoms with Crippen LogP contribution >= 0.6 is 11.6 Å². The van der Waals surface area contributed by atoms with E-state index >= 15 is 0 Å². The minimum atomic E-state index is -4.10. The summed E-state index contributed by atoms with van der Waals surface area (Å²) < 4.78 is 39.1. The Morgan fingerprint density at radius 2 is 2.18 bits per heavy atom. The SMILES string of the molecule is C[C@@H](CO)NS(=O)(=O)c1cc(N)cc(Cl)c1F. The van der Waals surface area contributed by atoms with Crippen LogP contribution in [0.25, 0.3) is 0 Å². The van der Waals surface area contributed by atoms with Crippen molar-refractivity contribution in [2.75, 3.05) is 12.3 Å². The topological polar surface area (TPSA) is 92.4 Å². The highest BCUT2D eigenvalue weighted by Crippen LogP contribution is 2.25. The summed E-state index contributed by atoms with van der Waals surface area (Å²) in [7, 11) is -4.10. The fourth-order valence-electron chi connectivity index (χ4n) is 1.14. The largest absolute Gasteiger partial charge is 0.399 e. The van der Waals surface area contributed by atoms with Crippen molar-refractivity contribution in [1.82, 2.24) is 4.72 Å². The van der Waals surface area contributed by atoms with Gasteiger partial charge in [-0.05, 0) is 19.1 Å². The number of anilines is 1. The molecule has 1 aromatic rings. The van der Waals surface area contributed by atoms with E-state index in [2.05, 4.69) is 4.72 Å². The highest BCUT2D eigenvalue weighted by atomic mass is 35.5. The maximum Gasteiger partial charge on any atom is 0.243 e. The van der Waals surface area contributed by atoms with Crippen molar-refractivity contribution < 1.29 is 17.9 Å². The number of nitrogen functional groups attached to an aromatic ring is 1. The van der Waals surface area contributed by atoms with Crippen molar-refractivity contribution in [3.63, 3.8) is 0 Å². The maximum absolute atomic E-state index is 13.6. The summed E-state index contributed by atoms with van der Waals surface area (Å²) >= 11 is 5.50. The summed E-state index contributed by atoms with van der Waals surface area (Å²) in [6, 6.07) is 1.35. The molecule has 1 rings (SSSR count). The first kappa shape index (κ1) is 14.2. The summed E-state index contributed by atoms with van der Waals surface area (Å²) in [6.07, 6.45) is 0. The van der Waals surface area contributed by atoms with Gasteiger partial charge in [0.1, 0.15) is 4.90 Å². The standard InChI is InChI=1S/C9H12ClFN2O3S/c1-5(4-14)13-17(15,16)8-3-6(12)2-7(10)9(8)11/h2-3,5,13-14H,4,12H2,1H3/t5-/m0/s1. The van der Waals surface area contributed by atoms with E-state index in [4.69, 9.17) is 22.4 Å². The molecule has 4 N–H and O–H groups in total. The van der Waals surface area contributed by atoms with E-state index in [1.807, 2.05) is 0 Å². The molecule has 0 radical (unpaired) electrons. The minimum absolute atomic E-state index is 0.0356. The van der Waals surface area contributed by atoms with E-state index in [0.717, 1.165) is 12.1 Å². The third-order valence-electron chi connectivity index (χ3n) is 1.94. The molecular formula is C9H12ClFN2O3S. The molecule has 1 aromatic carbocycles. The van der Waals surface area contributed by atoms with Crippen molar-refractivity contribution in [3.05, 3.63) is 23.0 Å². The number of benzene rings is 1. The number of sulfonamides is 1. The van der Waals surface area contributed by atoms with Crippen molar-refractivity contribution in [2.45, 2.75) is 17.9 Å². The monoisotopic (exact) mass is 282 g/mol. The lowest BCUT2D eigenvalue weighted by molar-refractivity contribution is 0.265. The van der Waals surface area contributed by atoms with Crippen LogP contribution in [0.2, 0.25) is 5.02 Å². The van der Waals surface area contributed by atoms with E-state index in [1.165, 1.54) is 6.92 Å². The number of hydrogen-bond acceptors (Lipinski definition) is 4. The average molecular weight is 283 g/mol. The van der Waals surface area contributed by atoms with Crippen LogP contribution in [0.3, 0.4) is 0 Å². The number of nitrogens with one attached hydrogen (secondary N) is 1. The lowest BCUT2D eigenvalue weighted by atomic mass is 10.3. The summed E-state index contributed by atoms with van der Waals surface area (Å²) in [5.74, 6) is -1.07. The first-order valence-electron chi connectivity index (χ1n) is 4.65. The molecule has 1 atom stereocenters. The number of rotatable bonds is 4. The second-order valence-corrected chi connectivity index (χ2v) is 5.61. The Kier molecular flexibility index (Phi) is 4.31. The van der Waals surface area contributed by atoms with Gasteiger partial charge in [0.2, 0.25) is 10.0 Å². The Labute approximate surface area is 103 Å². The van der Waals surface area contributed by atoms with Gasteiger partial charge in [-0.2, -0.15) is 0 Å². The van der Waals surface area contributed by atoms with E-state index in [0.29, 0.717) is 0 Å². The summed E-state index contributed by atoms with van der Waals surface area (Å²) in [6.45, 7) is 1.03. The highest BCUT2D eigenvalue weighted by Gasteiger charge is 2.23. The van der Waals surface area contributed by atoms with Gasteiger partial charge in [0.25, 0.3) is 0 Å². The zero-order valence-corrected chi connectivity index (χ0v) is 10.5. The Balaban J connectivity index is 3.24. The van der Waals surface area contributed by atoms with Gasteiger partial charge in [0.05, 0.1) is 11.6 Å². The molecule has 0 fully saturated rings. The fraction of sp³-hybridized carbons (Fsp3) is 0.333. The zero-order chi connectivity index (χ0) is 13.2. The Hall–Kier alpha value is -0.890. The van der Waals surface area contributed by atoms with Crippen LogP contribution in [-0.4, -0.2) is 26.2 Å². The minimum Gasteiger partial charge on any atom is -0.399 e. The quantitative estimate of drug-likeness (QED) is 0.710. The molecule has 5 nitrogen and oxygen atoms in total. The van der Waals surface area contributed by atoms with Gasteiger partial charge in [-0.25, -0.2) is 17.5 Å². The second kappa shape index (κ2) is 5.18. The van der Waals surface area contributed by atoms with E-state index in [1.54, 1.807) is 0 Å². The van der Waals surface area contributed by atoms with Gasteiger partial charge in [-0.1, -0.05) is 11.6 Å². The van der Waals surface area contributed by atoms with Crippen LogP contribution in [0.4, 0.5) is 10.1 Å². The predicted octanol–water partition coefficient (Wildman–Crippen LogP) is 0.720. The lowest BCUT2D eigenvalue weighted by Gasteiger charge is -2.13. The van der Waals surface area contributed by atoms with Crippen LogP contribution in [-0.2, 0) is 10.0 Å². The molecule has 0 amide bonds. The molecule has 0 unspecified atom stereocenters. The van der Waals surface area contributed by atoms with Crippen LogP contribution in [0.15, 0.2) is 17.0 Å². The zero-order valence-electron chi connectivity index (χ0n) is 8.94. The first-order chi connectivity index (χ1) is 7.77. The maximum atomic E-state index is 13.6. The van der Waals surface area contributed by atoms with Crippen molar-refractivity contribution in [1.29, 1.82) is 0 Å². The number of halogens is 2. The molecule has 0 spiro atoms. The number of hydrogen-bond donors (Lipinski definition) is 3. The Morgan fingerprint density at radius 1 is 1.59 bits per heavy atom. The van der Waals surface area contributed by atoms with Gasteiger partial charge >= 0.3 is 0 Å². The summed E-state index contributed by atoms with van der Waals surface area (Å²) in [4.78, 5) is -0.636. The van der Waals surface area contributed by atoms with E-state index in [-0.39, 0.29) is 10.7 Å². The van der Waals surface area contributed by atoms with Crippen LogP contribution < -0.4 is 10.5 Å². The average Bonchev–Trinajstić information content (AvgIpc) is 2.22.